The zero-order chi connectivity index (χ0) is 12.3. The van der Waals surface area contributed by atoms with Gasteiger partial charge in [0.15, 0.2) is 0 Å². The second-order valence-corrected chi connectivity index (χ2v) is 5.74. The molecule has 90 valence electrons. The molecule has 1 heterocycles. The zero-order valence-electron chi connectivity index (χ0n) is 9.50. The molecule has 1 aromatic carbocycles. The molecular formula is C13H14BrClN2. The van der Waals surface area contributed by atoms with Gasteiger partial charge in [-0.1, -0.05) is 27.5 Å². The van der Waals surface area contributed by atoms with Crippen LogP contribution in [-0.2, 0) is 6.54 Å². The third kappa shape index (κ3) is 3.45. The van der Waals surface area contributed by atoms with Crippen molar-refractivity contribution < 1.29 is 0 Å². The summed E-state index contributed by atoms with van der Waals surface area (Å²) in [5.41, 5.74) is 1.15. The summed E-state index contributed by atoms with van der Waals surface area (Å²) in [6.07, 6.45) is 1.95. The van der Waals surface area contributed by atoms with E-state index in [9.17, 15) is 0 Å². The molecule has 2 nitrogen and oxygen atoms in total. The van der Waals surface area contributed by atoms with Crippen LogP contribution in [0.3, 0.4) is 0 Å². The smallest absolute Gasteiger partial charge is 0.0656 e. The van der Waals surface area contributed by atoms with Crippen molar-refractivity contribution in [2.24, 2.45) is 5.92 Å². The van der Waals surface area contributed by atoms with Crippen LogP contribution in [-0.4, -0.2) is 18.0 Å². The first-order chi connectivity index (χ1) is 8.19. The number of rotatable bonds is 2. The number of hydrogen-bond donors (Lipinski definition) is 0. The highest BCUT2D eigenvalue weighted by atomic mass is 79.9. The minimum atomic E-state index is 0.240. The standard InChI is InChI=1S/C13H14BrClN2/c14-12-1-2-13(15)11(7-12)9-17-5-3-10(8-16)4-6-17/h1-2,7,10H,3-6,9H2. The highest BCUT2D eigenvalue weighted by molar-refractivity contribution is 9.10. The van der Waals surface area contributed by atoms with Crippen molar-refractivity contribution in [3.05, 3.63) is 33.3 Å². The maximum Gasteiger partial charge on any atom is 0.0656 e. The van der Waals surface area contributed by atoms with Crippen molar-refractivity contribution >= 4 is 27.5 Å². The molecule has 0 saturated carbocycles. The number of halogens is 2. The van der Waals surface area contributed by atoms with E-state index in [0.717, 1.165) is 47.5 Å². The van der Waals surface area contributed by atoms with Gasteiger partial charge in [0.1, 0.15) is 0 Å². The molecule has 1 aromatic rings. The molecule has 0 aromatic heterocycles. The quantitative estimate of drug-likeness (QED) is 0.829. The van der Waals surface area contributed by atoms with Crippen molar-refractivity contribution in [3.63, 3.8) is 0 Å². The van der Waals surface area contributed by atoms with Crippen LogP contribution in [0.25, 0.3) is 0 Å². The summed E-state index contributed by atoms with van der Waals surface area (Å²) < 4.78 is 1.06. The Morgan fingerprint density at radius 2 is 2.12 bits per heavy atom. The Hall–Kier alpha value is -0.560. The summed E-state index contributed by atoms with van der Waals surface area (Å²) in [7, 11) is 0. The van der Waals surface area contributed by atoms with Gasteiger partial charge in [0, 0.05) is 22.0 Å². The van der Waals surface area contributed by atoms with Crippen molar-refractivity contribution in [1.82, 2.24) is 4.90 Å². The summed E-state index contributed by atoms with van der Waals surface area (Å²) in [5, 5.41) is 9.67. The average molecular weight is 314 g/mol. The molecule has 0 bridgehead atoms. The Morgan fingerprint density at radius 1 is 1.41 bits per heavy atom. The summed E-state index contributed by atoms with van der Waals surface area (Å²) >= 11 is 9.63. The minimum absolute atomic E-state index is 0.240. The Labute approximate surface area is 115 Å². The summed E-state index contributed by atoms with van der Waals surface area (Å²) in [6, 6.07) is 8.29. The molecule has 0 aliphatic carbocycles. The van der Waals surface area contributed by atoms with Crippen LogP contribution in [0.2, 0.25) is 5.02 Å². The molecule has 17 heavy (non-hydrogen) atoms. The fourth-order valence-electron chi connectivity index (χ4n) is 2.13. The monoisotopic (exact) mass is 312 g/mol. The van der Waals surface area contributed by atoms with E-state index in [2.05, 4.69) is 33.0 Å². The molecule has 1 aliphatic rings. The van der Waals surface area contributed by atoms with Gasteiger partial charge in [0.05, 0.1) is 6.07 Å². The lowest BCUT2D eigenvalue weighted by Crippen LogP contribution is -2.32. The van der Waals surface area contributed by atoms with E-state index in [1.807, 2.05) is 12.1 Å². The number of hydrogen-bond acceptors (Lipinski definition) is 2. The maximum absolute atomic E-state index is 8.85. The largest absolute Gasteiger partial charge is 0.299 e. The van der Waals surface area contributed by atoms with Gasteiger partial charge < -0.3 is 0 Å². The molecule has 0 radical (unpaired) electrons. The van der Waals surface area contributed by atoms with Crippen LogP contribution in [0.1, 0.15) is 18.4 Å². The van der Waals surface area contributed by atoms with Gasteiger partial charge >= 0.3 is 0 Å². The fourth-order valence-corrected chi connectivity index (χ4v) is 2.71. The number of benzene rings is 1. The Balaban J connectivity index is 1.98. The van der Waals surface area contributed by atoms with E-state index in [1.54, 1.807) is 0 Å². The maximum atomic E-state index is 8.85. The van der Waals surface area contributed by atoms with Crippen LogP contribution in [0, 0.1) is 17.2 Å². The second kappa shape index (κ2) is 5.86. The lowest BCUT2D eigenvalue weighted by Gasteiger charge is -2.29. The van der Waals surface area contributed by atoms with Gasteiger partial charge in [-0.05, 0) is 49.7 Å². The Morgan fingerprint density at radius 3 is 2.76 bits per heavy atom. The number of nitrogens with zero attached hydrogens (tertiary/aromatic N) is 2. The van der Waals surface area contributed by atoms with E-state index in [1.165, 1.54) is 0 Å². The lowest BCUT2D eigenvalue weighted by atomic mass is 9.98. The first-order valence-corrected chi connectivity index (χ1v) is 6.92. The molecule has 1 fully saturated rings. The van der Waals surface area contributed by atoms with E-state index in [-0.39, 0.29) is 5.92 Å². The van der Waals surface area contributed by atoms with Crippen LogP contribution < -0.4 is 0 Å². The van der Waals surface area contributed by atoms with Crippen LogP contribution in [0.15, 0.2) is 22.7 Å². The number of nitriles is 1. The topological polar surface area (TPSA) is 27.0 Å². The molecular weight excluding hydrogens is 300 g/mol. The van der Waals surface area contributed by atoms with Gasteiger partial charge in [-0.25, -0.2) is 0 Å². The summed E-state index contributed by atoms with van der Waals surface area (Å²) in [6.45, 7) is 2.85. The molecule has 4 heteroatoms. The molecule has 1 saturated heterocycles. The second-order valence-electron chi connectivity index (χ2n) is 4.42. The van der Waals surface area contributed by atoms with Gasteiger partial charge in [-0.15, -0.1) is 0 Å². The summed E-state index contributed by atoms with van der Waals surface area (Å²) in [5.74, 6) is 0.240. The van der Waals surface area contributed by atoms with Crippen LogP contribution >= 0.6 is 27.5 Å². The first-order valence-electron chi connectivity index (χ1n) is 5.75. The molecule has 0 unspecified atom stereocenters. The molecule has 0 spiro atoms. The first kappa shape index (κ1) is 12.9. The zero-order valence-corrected chi connectivity index (χ0v) is 11.8. The van der Waals surface area contributed by atoms with Crippen LogP contribution in [0.5, 0.6) is 0 Å². The molecule has 0 amide bonds. The van der Waals surface area contributed by atoms with E-state index in [0.29, 0.717) is 0 Å². The highest BCUT2D eigenvalue weighted by Gasteiger charge is 2.19. The molecule has 0 atom stereocenters. The van der Waals surface area contributed by atoms with Crippen molar-refractivity contribution in [1.29, 1.82) is 5.26 Å². The van der Waals surface area contributed by atoms with Gasteiger partial charge in [0.2, 0.25) is 0 Å². The number of likely N-dealkylation sites (tertiary alicyclic amines) is 1. The third-order valence-electron chi connectivity index (χ3n) is 3.17. The average Bonchev–Trinajstić information content (AvgIpc) is 2.35. The van der Waals surface area contributed by atoms with Crippen molar-refractivity contribution in [3.8, 4) is 6.07 Å². The van der Waals surface area contributed by atoms with Crippen molar-refractivity contribution in [2.45, 2.75) is 19.4 Å². The normalized spacial score (nSPS) is 17.9. The minimum Gasteiger partial charge on any atom is -0.299 e. The molecule has 1 aliphatic heterocycles. The Bertz CT molecular complexity index is 434. The molecule has 2 rings (SSSR count). The SMILES string of the molecule is N#CC1CCN(Cc2cc(Br)ccc2Cl)CC1. The molecule has 0 N–H and O–H groups in total. The third-order valence-corrected chi connectivity index (χ3v) is 4.03. The van der Waals surface area contributed by atoms with Gasteiger partial charge in [-0.2, -0.15) is 5.26 Å². The number of piperidine rings is 1. The van der Waals surface area contributed by atoms with Gasteiger partial charge in [0.25, 0.3) is 0 Å². The van der Waals surface area contributed by atoms with Crippen LogP contribution in [0.4, 0.5) is 0 Å². The predicted molar refractivity (Wildman–Crippen MR) is 72.8 cm³/mol. The van der Waals surface area contributed by atoms with E-state index in [4.69, 9.17) is 16.9 Å². The summed E-state index contributed by atoms with van der Waals surface area (Å²) in [4.78, 5) is 2.36. The van der Waals surface area contributed by atoms with Crippen molar-refractivity contribution in [2.75, 3.05) is 13.1 Å². The van der Waals surface area contributed by atoms with Gasteiger partial charge in [-0.3, -0.25) is 4.90 Å². The predicted octanol–water partition coefficient (Wildman–Crippen LogP) is 3.84. The van der Waals surface area contributed by atoms with E-state index < -0.39 is 0 Å². The Kier molecular flexibility index (Phi) is 4.44. The fraction of sp³-hybridized carbons (Fsp3) is 0.462. The lowest BCUT2D eigenvalue weighted by molar-refractivity contribution is 0.198. The van der Waals surface area contributed by atoms with E-state index >= 15 is 0 Å². The highest BCUT2D eigenvalue weighted by Crippen LogP contribution is 2.24.